The molecule has 0 aliphatic heterocycles. The minimum Gasteiger partial charge on any atom is -0.296 e. The van der Waals surface area contributed by atoms with Crippen molar-refractivity contribution in [3.05, 3.63) is 79.8 Å². The Labute approximate surface area is 157 Å². The molecule has 1 N–H and O–H groups in total. The summed E-state index contributed by atoms with van der Waals surface area (Å²) in [7, 11) is 0. The Morgan fingerprint density at radius 1 is 1.15 bits per heavy atom. The SMILES string of the molecule is O=C(Nc1nnc(CCc2ccccc2)s1)c1ccc([N+](=O)[O-])cc1Cl. The number of halogens is 1. The van der Waals surface area contributed by atoms with E-state index < -0.39 is 10.8 Å². The lowest BCUT2D eigenvalue weighted by molar-refractivity contribution is -0.384. The van der Waals surface area contributed by atoms with Crippen LogP contribution in [-0.2, 0) is 12.8 Å². The number of rotatable bonds is 6. The minimum atomic E-state index is -0.572. The fourth-order valence-electron chi connectivity index (χ4n) is 2.27. The molecule has 3 rings (SSSR count). The molecule has 1 amide bonds. The van der Waals surface area contributed by atoms with Crippen LogP contribution in [0, 0.1) is 10.1 Å². The van der Waals surface area contributed by atoms with Crippen LogP contribution in [-0.4, -0.2) is 21.0 Å². The Balaban J connectivity index is 1.63. The lowest BCUT2D eigenvalue weighted by Gasteiger charge is -2.03. The number of nitro groups is 1. The van der Waals surface area contributed by atoms with E-state index in [2.05, 4.69) is 15.5 Å². The van der Waals surface area contributed by atoms with Crippen LogP contribution in [0.15, 0.2) is 48.5 Å². The summed E-state index contributed by atoms with van der Waals surface area (Å²) in [6.07, 6.45) is 1.55. The lowest BCUT2D eigenvalue weighted by atomic mass is 10.1. The average Bonchev–Trinajstić information content (AvgIpc) is 3.08. The van der Waals surface area contributed by atoms with Crippen molar-refractivity contribution >= 4 is 39.7 Å². The van der Waals surface area contributed by atoms with Gasteiger partial charge in [0.1, 0.15) is 5.01 Å². The van der Waals surface area contributed by atoms with Gasteiger partial charge in [0.05, 0.1) is 15.5 Å². The highest BCUT2D eigenvalue weighted by Crippen LogP contribution is 2.24. The molecule has 0 radical (unpaired) electrons. The zero-order chi connectivity index (χ0) is 18.5. The number of hydrogen-bond acceptors (Lipinski definition) is 6. The summed E-state index contributed by atoms with van der Waals surface area (Å²) in [6, 6.07) is 13.7. The fourth-order valence-corrected chi connectivity index (χ4v) is 3.26. The van der Waals surface area contributed by atoms with Crippen LogP contribution in [0.1, 0.15) is 20.9 Å². The van der Waals surface area contributed by atoms with Gasteiger partial charge >= 0.3 is 0 Å². The molecule has 1 aromatic heterocycles. The molecule has 26 heavy (non-hydrogen) atoms. The summed E-state index contributed by atoms with van der Waals surface area (Å²) in [5, 5.41) is 22.5. The number of carbonyl (C=O) groups excluding carboxylic acids is 1. The number of benzene rings is 2. The predicted molar refractivity (Wildman–Crippen MR) is 99.8 cm³/mol. The summed E-state index contributed by atoms with van der Waals surface area (Å²) in [5.74, 6) is -0.490. The van der Waals surface area contributed by atoms with E-state index in [1.165, 1.54) is 29.0 Å². The summed E-state index contributed by atoms with van der Waals surface area (Å²) in [5.41, 5.74) is 1.16. The molecule has 2 aromatic carbocycles. The number of anilines is 1. The highest BCUT2D eigenvalue weighted by atomic mass is 35.5. The normalized spacial score (nSPS) is 10.5. The van der Waals surface area contributed by atoms with E-state index in [0.717, 1.165) is 23.9 Å². The quantitative estimate of drug-likeness (QED) is 0.505. The summed E-state index contributed by atoms with van der Waals surface area (Å²) in [6.45, 7) is 0. The summed E-state index contributed by atoms with van der Waals surface area (Å²) < 4.78 is 0. The number of carbonyl (C=O) groups is 1. The van der Waals surface area contributed by atoms with E-state index >= 15 is 0 Å². The monoisotopic (exact) mass is 388 g/mol. The van der Waals surface area contributed by atoms with Crippen LogP contribution in [0.25, 0.3) is 0 Å². The zero-order valence-corrected chi connectivity index (χ0v) is 15.0. The predicted octanol–water partition coefficient (Wildman–Crippen LogP) is 4.14. The Hall–Kier alpha value is -2.84. The molecule has 0 fully saturated rings. The van der Waals surface area contributed by atoms with Crippen LogP contribution in [0.4, 0.5) is 10.8 Å². The molecule has 0 aliphatic carbocycles. The topological polar surface area (TPSA) is 98.0 Å². The van der Waals surface area contributed by atoms with Crippen LogP contribution >= 0.6 is 22.9 Å². The van der Waals surface area contributed by atoms with E-state index in [1.54, 1.807) is 0 Å². The van der Waals surface area contributed by atoms with Crippen molar-refractivity contribution < 1.29 is 9.72 Å². The van der Waals surface area contributed by atoms with Crippen molar-refractivity contribution in [2.24, 2.45) is 0 Å². The van der Waals surface area contributed by atoms with Crippen LogP contribution in [0.5, 0.6) is 0 Å². The molecule has 0 atom stereocenters. The van der Waals surface area contributed by atoms with Crippen LogP contribution < -0.4 is 5.32 Å². The summed E-state index contributed by atoms with van der Waals surface area (Å²) in [4.78, 5) is 22.4. The molecule has 0 aliphatic rings. The number of non-ortho nitro benzene ring substituents is 1. The molecule has 0 saturated carbocycles. The first-order valence-corrected chi connectivity index (χ1v) is 8.84. The fraction of sp³-hybridized carbons (Fsp3) is 0.118. The largest absolute Gasteiger partial charge is 0.296 e. The van der Waals surface area contributed by atoms with Gasteiger partial charge in [0.25, 0.3) is 11.6 Å². The number of hydrogen-bond donors (Lipinski definition) is 1. The molecule has 9 heteroatoms. The van der Waals surface area contributed by atoms with Crippen molar-refractivity contribution in [3.63, 3.8) is 0 Å². The second-order valence-corrected chi connectivity index (χ2v) is 6.83. The molecule has 0 spiro atoms. The van der Waals surface area contributed by atoms with E-state index in [0.29, 0.717) is 5.13 Å². The van der Waals surface area contributed by atoms with Gasteiger partial charge < -0.3 is 0 Å². The van der Waals surface area contributed by atoms with E-state index in [1.807, 2.05) is 30.3 Å². The molecule has 0 bridgehead atoms. The number of nitrogens with one attached hydrogen (secondary N) is 1. The highest BCUT2D eigenvalue weighted by Gasteiger charge is 2.16. The first kappa shape index (κ1) is 18.0. The molecule has 132 valence electrons. The van der Waals surface area contributed by atoms with Crippen LogP contribution in [0.2, 0.25) is 5.02 Å². The van der Waals surface area contributed by atoms with E-state index in [-0.39, 0.29) is 16.3 Å². The maximum absolute atomic E-state index is 12.3. The van der Waals surface area contributed by atoms with Gasteiger partial charge in [-0.25, -0.2) is 0 Å². The zero-order valence-electron chi connectivity index (χ0n) is 13.4. The van der Waals surface area contributed by atoms with Crippen molar-refractivity contribution in [1.82, 2.24) is 10.2 Å². The van der Waals surface area contributed by atoms with Gasteiger partial charge in [0.2, 0.25) is 5.13 Å². The minimum absolute atomic E-state index is 0.00511. The van der Waals surface area contributed by atoms with Gasteiger partial charge in [0, 0.05) is 18.6 Å². The molecule has 1 heterocycles. The van der Waals surface area contributed by atoms with Gasteiger partial charge in [0.15, 0.2) is 0 Å². The van der Waals surface area contributed by atoms with Crippen LogP contribution in [0.3, 0.4) is 0 Å². The third kappa shape index (κ3) is 4.41. The Bertz CT molecular complexity index is 946. The van der Waals surface area contributed by atoms with Crippen molar-refractivity contribution in [2.45, 2.75) is 12.8 Å². The van der Waals surface area contributed by atoms with Gasteiger partial charge in [-0.2, -0.15) is 0 Å². The molecular weight excluding hydrogens is 376 g/mol. The van der Waals surface area contributed by atoms with Crippen molar-refractivity contribution in [2.75, 3.05) is 5.32 Å². The van der Waals surface area contributed by atoms with E-state index in [4.69, 9.17) is 11.6 Å². The Kier molecular flexibility index (Phi) is 5.55. The molecule has 0 unspecified atom stereocenters. The smallest absolute Gasteiger partial charge is 0.270 e. The van der Waals surface area contributed by atoms with Gasteiger partial charge in [-0.05, 0) is 18.1 Å². The number of amides is 1. The van der Waals surface area contributed by atoms with Gasteiger partial charge in [-0.15, -0.1) is 10.2 Å². The Morgan fingerprint density at radius 2 is 1.92 bits per heavy atom. The molecular formula is C17H13ClN4O3S. The standard InChI is InChI=1S/C17H13ClN4O3S/c18-14-10-12(22(24)25)7-8-13(14)16(23)19-17-21-20-15(26-17)9-6-11-4-2-1-3-5-11/h1-5,7-8,10H,6,9H2,(H,19,21,23). The first-order valence-electron chi connectivity index (χ1n) is 7.64. The third-order valence-corrected chi connectivity index (χ3v) is 4.78. The number of nitro benzene ring substituents is 1. The maximum atomic E-state index is 12.3. The van der Waals surface area contributed by atoms with Gasteiger partial charge in [-0.3, -0.25) is 20.2 Å². The third-order valence-electron chi connectivity index (χ3n) is 3.57. The summed E-state index contributed by atoms with van der Waals surface area (Å²) >= 11 is 7.24. The number of nitrogens with zero attached hydrogens (tertiary/aromatic N) is 3. The average molecular weight is 389 g/mol. The Morgan fingerprint density at radius 3 is 2.62 bits per heavy atom. The molecule has 3 aromatic rings. The highest BCUT2D eigenvalue weighted by molar-refractivity contribution is 7.15. The van der Waals surface area contributed by atoms with Crippen molar-refractivity contribution in [3.8, 4) is 0 Å². The lowest BCUT2D eigenvalue weighted by Crippen LogP contribution is -2.12. The van der Waals surface area contributed by atoms with Gasteiger partial charge in [-0.1, -0.05) is 53.3 Å². The molecule has 0 saturated heterocycles. The van der Waals surface area contributed by atoms with E-state index in [9.17, 15) is 14.9 Å². The number of aromatic nitrogens is 2. The maximum Gasteiger partial charge on any atom is 0.270 e. The molecule has 7 nitrogen and oxygen atoms in total. The number of aryl methyl sites for hydroxylation is 2. The second kappa shape index (κ2) is 8.03. The first-order chi connectivity index (χ1) is 12.5. The second-order valence-electron chi connectivity index (χ2n) is 5.36. The van der Waals surface area contributed by atoms with Crippen molar-refractivity contribution in [1.29, 1.82) is 0 Å².